The van der Waals surface area contributed by atoms with Crippen LogP contribution in [0.5, 0.6) is 5.88 Å². The third kappa shape index (κ3) is 4.55. The van der Waals surface area contributed by atoms with Gasteiger partial charge in [-0.25, -0.2) is 4.98 Å². The smallest absolute Gasteiger partial charge is 0.253 e. The Kier molecular flexibility index (Phi) is 5.63. The van der Waals surface area contributed by atoms with Crippen molar-refractivity contribution in [3.63, 3.8) is 0 Å². The summed E-state index contributed by atoms with van der Waals surface area (Å²) < 4.78 is 7.66. The Balaban J connectivity index is 1.57. The number of hydrogen-bond donors (Lipinski definition) is 1. The van der Waals surface area contributed by atoms with Gasteiger partial charge in [-0.15, -0.1) is 10.2 Å². The summed E-state index contributed by atoms with van der Waals surface area (Å²) in [5, 5.41) is 11.4. The summed E-state index contributed by atoms with van der Waals surface area (Å²) in [5.74, 6) is 2.63. The summed E-state index contributed by atoms with van der Waals surface area (Å²) in [4.78, 5) is 16.5. The molecule has 134 valence electrons. The second-order valence-electron chi connectivity index (χ2n) is 6.77. The lowest BCUT2D eigenvalue weighted by atomic mass is 10.2. The molecule has 2 aromatic heterocycles. The number of nitrogens with one attached hydrogen (secondary N) is 1. The number of aromatic nitrogens is 4. The molecule has 3 rings (SSSR count). The van der Waals surface area contributed by atoms with Crippen LogP contribution in [-0.2, 0) is 19.5 Å². The predicted octanol–water partition coefficient (Wildman–Crippen LogP) is 2.36. The van der Waals surface area contributed by atoms with Crippen molar-refractivity contribution in [1.82, 2.24) is 25.1 Å². The largest absolute Gasteiger partial charge is 0.477 e. The van der Waals surface area contributed by atoms with Crippen molar-refractivity contribution in [2.75, 3.05) is 6.61 Å². The molecule has 0 radical (unpaired) electrons. The van der Waals surface area contributed by atoms with E-state index in [1.54, 1.807) is 12.1 Å². The van der Waals surface area contributed by atoms with Crippen LogP contribution < -0.4 is 10.1 Å². The number of carbonyl (C=O) groups excluding carboxylic acids is 1. The molecule has 7 nitrogen and oxygen atoms in total. The average molecular weight is 343 g/mol. The van der Waals surface area contributed by atoms with E-state index in [2.05, 4.69) is 38.9 Å². The number of amides is 1. The molecule has 25 heavy (non-hydrogen) atoms. The van der Waals surface area contributed by atoms with Crippen LogP contribution in [-0.4, -0.2) is 32.3 Å². The number of hydrogen-bond acceptors (Lipinski definition) is 5. The number of fused-ring (bicyclic) bond motifs is 1. The fourth-order valence-electron chi connectivity index (χ4n) is 2.79. The van der Waals surface area contributed by atoms with Gasteiger partial charge in [0.25, 0.3) is 5.91 Å². The first-order valence-corrected chi connectivity index (χ1v) is 8.91. The molecule has 0 bridgehead atoms. The summed E-state index contributed by atoms with van der Waals surface area (Å²) in [6.45, 7) is 6.06. The number of carbonyl (C=O) groups is 1. The van der Waals surface area contributed by atoms with Gasteiger partial charge in [-0.05, 0) is 24.8 Å². The SMILES string of the molecule is CC(C)COc1ccc(C(=O)NCc2nnc3n2CCCCC3)cn1. The van der Waals surface area contributed by atoms with Gasteiger partial charge in [0.2, 0.25) is 5.88 Å². The van der Waals surface area contributed by atoms with Gasteiger partial charge < -0.3 is 14.6 Å². The standard InChI is InChI=1S/C18H25N5O2/c1-13(2)12-25-17-8-7-14(10-19-17)18(24)20-11-16-22-21-15-6-4-3-5-9-23(15)16/h7-8,10,13H,3-6,9,11-12H2,1-2H3,(H,20,24). The van der Waals surface area contributed by atoms with E-state index in [0.717, 1.165) is 37.5 Å². The molecule has 0 aromatic carbocycles. The highest BCUT2D eigenvalue weighted by atomic mass is 16.5. The Bertz CT molecular complexity index is 709. The quantitative estimate of drug-likeness (QED) is 0.871. The second-order valence-corrected chi connectivity index (χ2v) is 6.77. The van der Waals surface area contributed by atoms with Gasteiger partial charge in [0.05, 0.1) is 18.7 Å². The highest BCUT2D eigenvalue weighted by molar-refractivity contribution is 5.93. The molecule has 7 heteroatoms. The van der Waals surface area contributed by atoms with Gasteiger partial charge >= 0.3 is 0 Å². The van der Waals surface area contributed by atoms with Gasteiger partial charge in [-0.1, -0.05) is 20.3 Å². The Labute approximate surface area is 147 Å². The molecule has 0 spiro atoms. The van der Waals surface area contributed by atoms with Crippen LogP contribution in [0.4, 0.5) is 0 Å². The normalized spacial score (nSPS) is 14.0. The highest BCUT2D eigenvalue weighted by Crippen LogP contribution is 2.14. The van der Waals surface area contributed by atoms with Crippen molar-refractivity contribution in [2.24, 2.45) is 5.92 Å². The van der Waals surface area contributed by atoms with Crippen molar-refractivity contribution < 1.29 is 9.53 Å². The van der Waals surface area contributed by atoms with Crippen LogP contribution >= 0.6 is 0 Å². The van der Waals surface area contributed by atoms with Crippen LogP contribution in [0, 0.1) is 5.92 Å². The minimum absolute atomic E-state index is 0.172. The van der Waals surface area contributed by atoms with Crippen LogP contribution in [0.1, 0.15) is 55.1 Å². The van der Waals surface area contributed by atoms with Gasteiger partial charge in [-0.2, -0.15) is 0 Å². The molecule has 1 aliphatic heterocycles. The van der Waals surface area contributed by atoms with E-state index in [1.165, 1.54) is 12.6 Å². The molecule has 1 aliphatic rings. The molecule has 0 saturated carbocycles. The molecule has 0 saturated heterocycles. The molecule has 0 unspecified atom stereocenters. The average Bonchev–Trinajstić information content (AvgIpc) is 2.84. The summed E-state index contributed by atoms with van der Waals surface area (Å²) in [6, 6.07) is 3.45. The number of rotatable bonds is 6. The Morgan fingerprint density at radius 2 is 2.16 bits per heavy atom. The van der Waals surface area contributed by atoms with Crippen molar-refractivity contribution in [3.05, 3.63) is 35.5 Å². The van der Waals surface area contributed by atoms with Crippen LogP contribution in [0.3, 0.4) is 0 Å². The molecule has 1 amide bonds. The molecular formula is C18H25N5O2. The Morgan fingerprint density at radius 1 is 1.28 bits per heavy atom. The first-order chi connectivity index (χ1) is 12.1. The van der Waals surface area contributed by atoms with E-state index in [9.17, 15) is 4.79 Å². The lowest BCUT2D eigenvalue weighted by molar-refractivity contribution is 0.0949. The maximum Gasteiger partial charge on any atom is 0.253 e. The Hall–Kier alpha value is -2.44. The van der Waals surface area contributed by atoms with E-state index in [4.69, 9.17) is 4.74 Å². The van der Waals surface area contributed by atoms with E-state index in [0.29, 0.717) is 30.5 Å². The zero-order chi connectivity index (χ0) is 17.6. The van der Waals surface area contributed by atoms with E-state index in [-0.39, 0.29) is 5.91 Å². The highest BCUT2D eigenvalue weighted by Gasteiger charge is 2.15. The van der Waals surface area contributed by atoms with Crippen LogP contribution in [0.25, 0.3) is 0 Å². The van der Waals surface area contributed by atoms with Crippen molar-refractivity contribution in [1.29, 1.82) is 0 Å². The molecule has 0 atom stereocenters. The van der Waals surface area contributed by atoms with E-state index < -0.39 is 0 Å². The van der Waals surface area contributed by atoms with Crippen molar-refractivity contribution in [2.45, 2.75) is 52.6 Å². The lowest BCUT2D eigenvalue weighted by Gasteiger charge is -2.09. The van der Waals surface area contributed by atoms with Crippen LogP contribution in [0.15, 0.2) is 18.3 Å². The van der Waals surface area contributed by atoms with Crippen LogP contribution in [0.2, 0.25) is 0 Å². The van der Waals surface area contributed by atoms with Gasteiger partial charge in [-0.3, -0.25) is 4.79 Å². The summed E-state index contributed by atoms with van der Waals surface area (Å²) in [6.07, 6.45) is 6.00. The summed E-state index contributed by atoms with van der Waals surface area (Å²) >= 11 is 0. The molecule has 0 aliphatic carbocycles. The predicted molar refractivity (Wildman–Crippen MR) is 93.3 cm³/mol. The maximum atomic E-state index is 12.3. The van der Waals surface area contributed by atoms with E-state index >= 15 is 0 Å². The van der Waals surface area contributed by atoms with Gasteiger partial charge in [0, 0.05) is 25.2 Å². The molecule has 0 fully saturated rings. The number of ether oxygens (including phenoxy) is 1. The third-order valence-corrected chi connectivity index (χ3v) is 4.16. The fraction of sp³-hybridized carbons (Fsp3) is 0.556. The molecule has 1 N–H and O–H groups in total. The summed E-state index contributed by atoms with van der Waals surface area (Å²) in [7, 11) is 0. The number of nitrogens with zero attached hydrogens (tertiary/aromatic N) is 4. The minimum atomic E-state index is -0.172. The first-order valence-electron chi connectivity index (χ1n) is 8.91. The Morgan fingerprint density at radius 3 is 2.92 bits per heavy atom. The monoisotopic (exact) mass is 343 g/mol. The van der Waals surface area contributed by atoms with Crippen molar-refractivity contribution in [3.8, 4) is 5.88 Å². The van der Waals surface area contributed by atoms with Gasteiger partial charge in [0.15, 0.2) is 5.82 Å². The topological polar surface area (TPSA) is 81.9 Å². The minimum Gasteiger partial charge on any atom is -0.477 e. The van der Waals surface area contributed by atoms with Crippen molar-refractivity contribution >= 4 is 5.91 Å². The zero-order valence-corrected chi connectivity index (χ0v) is 14.9. The first kappa shape index (κ1) is 17.4. The zero-order valence-electron chi connectivity index (χ0n) is 14.9. The third-order valence-electron chi connectivity index (χ3n) is 4.16. The van der Waals surface area contributed by atoms with Gasteiger partial charge in [0.1, 0.15) is 5.82 Å². The fourth-order valence-corrected chi connectivity index (χ4v) is 2.79. The second kappa shape index (κ2) is 8.09. The number of aryl methyl sites for hydroxylation is 1. The van der Waals surface area contributed by atoms with E-state index in [1.807, 2.05) is 0 Å². The lowest BCUT2D eigenvalue weighted by Crippen LogP contribution is -2.25. The number of pyridine rings is 1. The molecular weight excluding hydrogens is 318 g/mol. The molecule has 2 aromatic rings. The maximum absolute atomic E-state index is 12.3. The molecule has 3 heterocycles. The summed E-state index contributed by atoms with van der Waals surface area (Å²) in [5.41, 5.74) is 0.507.